The van der Waals surface area contributed by atoms with E-state index in [2.05, 4.69) is 91.9 Å². The minimum atomic E-state index is -0.0200. The molecule has 3 aromatic carbocycles. The van der Waals surface area contributed by atoms with Crippen molar-refractivity contribution < 1.29 is 21.2 Å². The van der Waals surface area contributed by atoms with Gasteiger partial charge in [-0.1, -0.05) is 0 Å². The van der Waals surface area contributed by atoms with Crippen LogP contribution in [0.1, 0.15) is 18.9 Å². The van der Waals surface area contributed by atoms with Crippen LogP contribution in [0.4, 0.5) is 0 Å². The van der Waals surface area contributed by atoms with E-state index in [1.165, 1.54) is 35.5 Å². The molecule has 0 spiro atoms. The Kier molecular flexibility index (Phi) is 6.79. The first-order chi connectivity index (χ1) is 11.9. The van der Waals surface area contributed by atoms with Crippen molar-refractivity contribution >= 4 is 10.9 Å². The zero-order valence-corrected chi connectivity index (χ0v) is 17.0. The zero-order valence-electron chi connectivity index (χ0n) is 14.0. The van der Waals surface area contributed by atoms with Gasteiger partial charge < -0.3 is 0 Å². The molecule has 0 saturated carbocycles. The average molecular weight is 446 g/mol. The second-order valence-electron chi connectivity index (χ2n) is 5.59. The minimum absolute atomic E-state index is 0.0200. The quantitative estimate of drug-likeness (QED) is 0.227. The Balaban J connectivity index is 1.96. The van der Waals surface area contributed by atoms with E-state index in [1.807, 2.05) is 0 Å². The predicted molar refractivity (Wildman–Crippen MR) is 100 cm³/mol. The summed E-state index contributed by atoms with van der Waals surface area (Å²) in [6, 6.07) is 31.1. The van der Waals surface area contributed by atoms with Crippen LogP contribution in [0.5, 0.6) is 0 Å². The molecule has 0 amide bonds. The van der Waals surface area contributed by atoms with Gasteiger partial charge in [-0.15, -0.1) is 0 Å². The average Bonchev–Trinajstić information content (AvgIpc) is 2.64. The van der Waals surface area contributed by atoms with Crippen LogP contribution < -0.4 is 21.2 Å². The standard InChI is InChI=1S/C22H23IS/c1-2-16-23-18-19-10-9-15-22(17-19)24(20-11-5-3-6-12-20)21-13-7-4-8-14-21/h3-15,17H,2,16,18H2,1H3. The molecular weight excluding hydrogens is 423 g/mol. The first-order valence-electron chi connectivity index (χ1n) is 8.35. The van der Waals surface area contributed by atoms with E-state index in [4.69, 9.17) is 0 Å². The summed E-state index contributed by atoms with van der Waals surface area (Å²) in [5, 5.41) is 0. The molecule has 0 N–H and O–H groups in total. The Labute approximate surface area is 158 Å². The molecule has 0 aliphatic rings. The summed E-state index contributed by atoms with van der Waals surface area (Å²) in [4.78, 5) is 4.22. The molecule has 0 aromatic heterocycles. The summed E-state index contributed by atoms with van der Waals surface area (Å²) in [7, 11) is -0.0200. The fourth-order valence-electron chi connectivity index (χ4n) is 2.59. The molecule has 3 rings (SSSR count). The van der Waals surface area contributed by atoms with E-state index in [-0.39, 0.29) is 10.9 Å². The third-order valence-corrected chi connectivity index (χ3v) is 9.14. The zero-order chi connectivity index (χ0) is 16.6. The molecule has 0 bridgehead atoms. The Morgan fingerprint density at radius 2 is 1.29 bits per heavy atom. The number of rotatable bonds is 7. The van der Waals surface area contributed by atoms with Crippen molar-refractivity contribution in [2.75, 3.05) is 4.43 Å². The van der Waals surface area contributed by atoms with Gasteiger partial charge in [-0.25, -0.2) is 0 Å². The molecule has 0 fully saturated rings. The molecule has 2 heteroatoms. The van der Waals surface area contributed by atoms with Gasteiger partial charge in [0.05, 0.1) is 0 Å². The SMILES string of the molecule is CCC[I-]Cc1cccc([S+](c2ccccc2)c2ccccc2)c1. The number of halogens is 1. The van der Waals surface area contributed by atoms with Gasteiger partial charge in [0.25, 0.3) is 0 Å². The summed E-state index contributed by atoms with van der Waals surface area (Å²) in [6.45, 7) is 2.29. The van der Waals surface area contributed by atoms with Gasteiger partial charge in [-0.05, 0) is 0 Å². The summed E-state index contributed by atoms with van der Waals surface area (Å²) in [6.07, 6.45) is 1.32. The van der Waals surface area contributed by atoms with E-state index < -0.39 is 0 Å². The Bertz CT molecular complexity index is 701. The van der Waals surface area contributed by atoms with Gasteiger partial charge in [0.2, 0.25) is 0 Å². The fraction of sp³-hybridized carbons (Fsp3) is 0.182. The van der Waals surface area contributed by atoms with Crippen LogP contribution >= 0.6 is 0 Å². The van der Waals surface area contributed by atoms with Crippen LogP contribution in [0, 0.1) is 0 Å². The van der Waals surface area contributed by atoms with Crippen LogP contribution in [0.3, 0.4) is 0 Å². The number of benzene rings is 3. The van der Waals surface area contributed by atoms with E-state index in [1.54, 1.807) is 0 Å². The molecular formula is C22H23IS. The molecule has 0 saturated heterocycles. The second-order valence-corrected chi connectivity index (χ2v) is 10.5. The van der Waals surface area contributed by atoms with Crippen molar-refractivity contribution in [3.8, 4) is 0 Å². The van der Waals surface area contributed by atoms with Crippen molar-refractivity contribution in [2.45, 2.75) is 32.5 Å². The van der Waals surface area contributed by atoms with Gasteiger partial charge in [0, 0.05) is 0 Å². The van der Waals surface area contributed by atoms with E-state index in [9.17, 15) is 0 Å². The molecule has 124 valence electrons. The summed E-state index contributed by atoms with van der Waals surface area (Å²) in [5.74, 6) is 0. The van der Waals surface area contributed by atoms with E-state index >= 15 is 0 Å². The second kappa shape index (κ2) is 9.28. The molecule has 24 heavy (non-hydrogen) atoms. The molecule has 3 aromatic rings. The fourth-order valence-corrected chi connectivity index (χ4v) is 6.99. The van der Waals surface area contributed by atoms with Crippen molar-refractivity contribution in [3.05, 3.63) is 90.5 Å². The van der Waals surface area contributed by atoms with Crippen LogP contribution in [-0.2, 0) is 15.3 Å². The van der Waals surface area contributed by atoms with Crippen molar-refractivity contribution in [3.63, 3.8) is 0 Å². The molecule has 0 aliphatic carbocycles. The van der Waals surface area contributed by atoms with Gasteiger partial charge in [-0.2, -0.15) is 0 Å². The normalized spacial score (nSPS) is 11.1. The van der Waals surface area contributed by atoms with Crippen molar-refractivity contribution in [2.24, 2.45) is 0 Å². The molecule has 0 unspecified atom stereocenters. The van der Waals surface area contributed by atoms with Gasteiger partial charge >= 0.3 is 159 Å². The maximum absolute atomic E-state index is 2.44. The molecule has 0 heterocycles. The molecule has 0 radical (unpaired) electrons. The van der Waals surface area contributed by atoms with Crippen LogP contribution in [0.15, 0.2) is 99.6 Å². The maximum atomic E-state index is 2.44. The van der Waals surface area contributed by atoms with Gasteiger partial charge in [0.1, 0.15) is 0 Å². The van der Waals surface area contributed by atoms with Crippen LogP contribution in [-0.4, -0.2) is 4.43 Å². The monoisotopic (exact) mass is 446 g/mol. The van der Waals surface area contributed by atoms with E-state index in [0.717, 1.165) is 0 Å². The number of hydrogen-bond acceptors (Lipinski definition) is 0. The third kappa shape index (κ3) is 4.64. The van der Waals surface area contributed by atoms with Gasteiger partial charge in [0.15, 0.2) is 0 Å². The van der Waals surface area contributed by atoms with Crippen LogP contribution in [0.25, 0.3) is 0 Å². The third-order valence-electron chi connectivity index (χ3n) is 3.66. The molecule has 0 atom stereocenters. The van der Waals surface area contributed by atoms with E-state index in [0.29, 0.717) is 21.2 Å². The first-order valence-corrected chi connectivity index (χ1v) is 12.6. The molecule has 0 nitrogen and oxygen atoms in total. The Morgan fingerprint density at radius 3 is 1.88 bits per heavy atom. The molecule has 0 aliphatic heterocycles. The number of hydrogen-bond donors (Lipinski definition) is 0. The van der Waals surface area contributed by atoms with Crippen LogP contribution in [0.2, 0.25) is 0 Å². The van der Waals surface area contributed by atoms with Crippen molar-refractivity contribution in [1.29, 1.82) is 0 Å². The summed E-state index contributed by atoms with van der Waals surface area (Å²) < 4.78 is 2.72. The van der Waals surface area contributed by atoms with Gasteiger partial charge in [-0.3, -0.25) is 0 Å². The predicted octanol–water partition coefficient (Wildman–Crippen LogP) is 2.78. The summed E-state index contributed by atoms with van der Waals surface area (Å²) in [5.41, 5.74) is 1.51. The summed E-state index contributed by atoms with van der Waals surface area (Å²) >= 11 is 0.306. The van der Waals surface area contributed by atoms with Crippen molar-refractivity contribution in [1.82, 2.24) is 0 Å². The first kappa shape index (κ1) is 17.6. The Hall–Kier alpha value is -1.26. The topological polar surface area (TPSA) is 0 Å². The Morgan fingerprint density at radius 1 is 0.708 bits per heavy atom. The number of alkyl halides is 2.